The number of hydrogen-bond acceptors (Lipinski definition) is 4. The van der Waals surface area contributed by atoms with Gasteiger partial charge in [-0.3, -0.25) is 4.79 Å². The molecule has 1 amide bonds. The highest BCUT2D eigenvalue weighted by atomic mass is 19.3. The lowest BCUT2D eigenvalue weighted by Gasteiger charge is -2.30. The summed E-state index contributed by atoms with van der Waals surface area (Å²) in [5, 5.41) is 3.33. The van der Waals surface area contributed by atoms with Crippen LogP contribution in [0.2, 0.25) is 0 Å². The molecule has 0 unspecified atom stereocenters. The van der Waals surface area contributed by atoms with Gasteiger partial charge in [-0.25, -0.2) is 8.78 Å². The second-order valence-electron chi connectivity index (χ2n) is 6.90. The number of hydrogen-bond donors (Lipinski definition) is 1. The van der Waals surface area contributed by atoms with Crippen LogP contribution < -0.4 is 5.32 Å². The van der Waals surface area contributed by atoms with Crippen LogP contribution in [0.25, 0.3) is 0 Å². The molecule has 3 aliphatic heterocycles. The van der Waals surface area contributed by atoms with Crippen LogP contribution in [0.4, 0.5) is 8.78 Å². The van der Waals surface area contributed by atoms with Crippen molar-refractivity contribution in [2.75, 3.05) is 46.0 Å². The molecule has 3 rings (SSSR count). The first-order chi connectivity index (χ1) is 11.1. The van der Waals surface area contributed by atoms with Crippen molar-refractivity contribution in [1.82, 2.24) is 10.2 Å². The summed E-state index contributed by atoms with van der Waals surface area (Å²) in [6, 6.07) is 0. The van der Waals surface area contributed by atoms with E-state index in [0.717, 1.165) is 32.4 Å². The average molecular weight is 332 g/mol. The van der Waals surface area contributed by atoms with Gasteiger partial charge in [-0.05, 0) is 44.7 Å². The SMILES string of the molecule is O=C([C@@H]1CCO[C@@H]1CC1CCNCC1)N1CCOCC(F)(F)C1. The second-order valence-corrected chi connectivity index (χ2v) is 6.90. The van der Waals surface area contributed by atoms with Crippen LogP contribution in [-0.4, -0.2) is 68.8 Å². The Morgan fingerprint density at radius 3 is 2.78 bits per heavy atom. The van der Waals surface area contributed by atoms with Gasteiger partial charge in [0.05, 0.1) is 25.2 Å². The Hall–Kier alpha value is -0.790. The molecule has 0 spiro atoms. The number of carbonyl (C=O) groups excluding carboxylic acids is 1. The second kappa shape index (κ2) is 7.40. The van der Waals surface area contributed by atoms with E-state index in [2.05, 4.69) is 5.32 Å². The van der Waals surface area contributed by atoms with Gasteiger partial charge in [0.15, 0.2) is 0 Å². The maximum absolute atomic E-state index is 13.7. The molecular formula is C16H26F2N2O3. The number of halogens is 2. The number of carbonyl (C=O) groups is 1. The molecule has 0 radical (unpaired) electrons. The zero-order valence-corrected chi connectivity index (χ0v) is 13.4. The molecule has 132 valence electrons. The van der Waals surface area contributed by atoms with Gasteiger partial charge in [-0.2, -0.15) is 0 Å². The summed E-state index contributed by atoms with van der Waals surface area (Å²) in [7, 11) is 0. The molecule has 7 heteroatoms. The number of ether oxygens (including phenoxy) is 2. The van der Waals surface area contributed by atoms with Crippen LogP contribution in [0.15, 0.2) is 0 Å². The van der Waals surface area contributed by atoms with E-state index < -0.39 is 19.1 Å². The molecule has 5 nitrogen and oxygen atoms in total. The average Bonchev–Trinajstić information content (AvgIpc) is 2.90. The molecule has 3 aliphatic rings. The fourth-order valence-corrected chi connectivity index (χ4v) is 3.83. The predicted molar refractivity (Wildman–Crippen MR) is 80.4 cm³/mol. The molecule has 0 aliphatic carbocycles. The minimum atomic E-state index is -2.96. The molecule has 23 heavy (non-hydrogen) atoms. The van der Waals surface area contributed by atoms with E-state index in [0.29, 0.717) is 18.9 Å². The Morgan fingerprint density at radius 1 is 1.22 bits per heavy atom. The van der Waals surface area contributed by atoms with Gasteiger partial charge in [0.2, 0.25) is 5.91 Å². The first-order valence-electron chi connectivity index (χ1n) is 8.62. The van der Waals surface area contributed by atoms with Crippen molar-refractivity contribution >= 4 is 5.91 Å². The minimum Gasteiger partial charge on any atom is -0.377 e. The van der Waals surface area contributed by atoms with Gasteiger partial charge in [0, 0.05) is 13.2 Å². The molecule has 0 aromatic heterocycles. The lowest BCUT2D eigenvalue weighted by Crippen LogP contribution is -2.45. The highest BCUT2D eigenvalue weighted by Gasteiger charge is 2.42. The normalized spacial score (nSPS) is 32.7. The largest absolute Gasteiger partial charge is 0.377 e. The Bertz CT molecular complexity index is 416. The molecule has 3 saturated heterocycles. The molecule has 2 atom stereocenters. The number of nitrogens with one attached hydrogen (secondary N) is 1. The number of rotatable bonds is 3. The van der Waals surface area contributed by atoms with Crippen molar-refractivity contribution in [1.29, 1.82) is 0 Å². The topological polar surface area (TPSA) is 50.8 Å². The van der Waals surface area contributed by atoms with Crippen molar-refractivity contribution in [2.24, 2.45) is 11.8 Å². The maximum atomic E-state index is 13.7. The van der Waals surface area contributed by atoms with Crippen LogP contribution in [0.5, 0.6) is 0 Å². The standard InChI is InChI=1S/C16H26F2N2O3/c17-16(18)10-20(6-8-22-11-16)15(21)13-3-7-23-14(13)9-12-1-4-19-5-2-12/h12-14,19H,1-11H2/t13-,14-/m1/s1. The molecule has 3 fully saturated rings. The Labute approximate surface area is 135 Å². The fourth-order valence-electron chi connectivity index (χ4n) is 3.83. The van der Waals surface area contributed by atoms with Crippen LogP contribution in [0.3, 0.4) is 0 Å². The van der Waals surface area contributed by atoms with E-state index in [4.69, 9.17) is 9.47 Å². The first kappa shape index (κ1) is 17.0. The van der Waals surface area contributed by atoms with Gasteiger partial charge in [-0.15, -0.1) is 0 Å². The van der Waals surface area contributed by atoms with Gasteiger partial charge >= 0.3 is 0 Å². The minimum absolute atomic E-state index is 0.122. The highest BCUT2D eigenvalue weighted by Crippen LogP contribution is 2.31. The molecule has 0 aromatic rings. The van der Waals surface area contributed by atoms with Crippen LogP contribution in [-0.2, 0) is 14.3 Å². The number of amides is 1. The summed E-state index contributed by atoms with van der Waals surface area (Å²) in [6.45, 7) is 1.84. The molecule has 3 heterocycles. The summed E-state index contributed by atoms with van der Waals surface area (Å²) >= 11 is 0. The van der Waals surface area contributed by atoms with Crippen molar-refractivity contribution in [3.8, 4) is 0 Å². The van der Waals surface area contributed by atoms with Gasteiger partial charge in [-0.1, -0.05) is 0 Å². The zero-order chi connectivity index (χ0) is 16.3. The summed E-state index contributed by atoms with van der Waals surface area (Å²) in [5.74, 6) is -2.87. The summed E-state index contributed by atoms with van der Waals surface area (Å²) in [6.07, 6.45) is 3.56. The third-order valence-corrected chi connectivity index (χ3v) is 5.10. The Morgan fingerprint density at radius 2 is 2.00 bits per heavy atom. The summed E-state index contributed by atoms with van der Waals surface area (Å²) in [4.78, 5) is 14.0. The van der Waals surface area contributed by atoms with E-state index in [-0.39, 0.29) is 31.1 Å². The molecule has 0 aromatic carbocycles. The van der Waals surface area contributed by atoms with Gasteiger partial charge < -0.3 is 19.7 Å². The number of nitrogens with zero attached hydrogens (tertiary/aromatic N) is 1. The lowest BCUT2D eigenvalue weighted by molar-refractivity contribution is -0.142. The molecular weight excluding hydrogens is 306 g/mol. The van der Waals surface area contributed by atoms with Crippen LogP contribution in [0, 0.1) is 11.8 Å². The molecule has 1 N–H and O–H groups in total. The van der Waals surface area contributed by atoms with E-state index in [1.165, 1.54) is 4.90 Å². The van der Waals surface area contributed by atoms with Gasteiger partial charge in [0.25, 0.3) is 5.92 Å². The van der Waals surface area contributed by atoms with Crippen molar-refractivity contribution in [3.05, 3.63) is 0 Å². The first-order valence-corrected chi connectivity index (χ1v) is 8.62. The van der Waals surface area contributed by atoms with Crippen molar-refractivity contribution in [2.45, 2.75) is 37.7 Å². The molecule has 0 saturated carbocycles. The van der Waals surface area contributed by atoms with Crippen molar-refractivity contribution in [3.63, 3.8) is 0 Å². The fraction of sp³-hybridized carbons (Fsp3) is 0.938. The predicted octanol–water partition coefficient (Wildman–Crippen LogP) is 1.28. The van der Waals surface area contributed by atoms with E-state index >= 15 is 0 Å². The smallest absolute Gasteiger partial charge is 0.288 e. The van der Waals surface area contributed by atoms with Crippen LogP contribution in [0.1, 0.15) is 25.7 Å². The highest BCUT2D eigenvalue weighted by molar-refractivity contribution is 5.79. The summed E-state index contributed by atoms with van der Waals surface area (Å²) < 4.78 is 38.0. The van der Waals surface area contributed by atoms with E-state index in [9.17, 15) is 13.6 Å². The molecule has 0 bridgehead atoms. The van der Waals surface area contributed by atoms with E-state index in [1.54, 1.807) is 0 Å². The van der Waals surface area contributed by atoms with Crippen molar-refractivity contribution < 1.29 is 23.0 Å². The Kier molecular flexibility index (Phi) is 5.49. The number of piperidine rings is 1. The lowest BCUT2D eigenvalue weighted by atomic mass is 9.86. The third-order valence-electron chi connectivity index (χ3n) is 5.10. The van der Waals surface area contributed by atoms with E-state index in [1.807, 2.05) is 0 Å². The summed E-state index contributed by atoms with van der Waals surface area (Å²) in [5.41, 5.74) is 0. The third kappa shape index (κ3) is 4.39. The van der Waals surface area contributed by atoms with Crippen LogP contribution >= 0.6 is 0 Å². The monoisotopic (exact) mass is 332 g/mol. The van der Waals surface area contributed by atoms with Gasteiger partial charge in [0.1, 0.15) is 6.61 Å². The number of alkyl halides is 2. The maximum Gasteiger partial charge on any atom is 0.288 e. The zero-order valence-electron chi connectivity index (χ0n) is 13.4. The Balaban J connectivity index is 1.60. The quantitative estimate of drug-likeness (QED) is 0.846.